The first-order valence-corrected chi connectivity index (χ1v) is 6.89. The van der Waals surface area contributed by atoms with E-state index in [0.717, 1.165) is 5.56 Å². The van der Waals surface area contributed by atoms with Crippen LogP contribution in [0, 0.1) is 6.92 Å². The molecule has 0 aliphatic heterocycles. The number of nitrogens with one attached hydrogen (secondary N) is 2. The van der Waals surface area contributed by atoms with Crippen LogP contribution in [0.25, 0.3) is 0 Å². The number of rotatable bonds is 3. The van der Waals surface area contributed by atoms with Gasteiger partial charge in [0, 0.05) is 5.56 Å². The number of carbonyl (C=O) groups excluding carboxylic acids is 1. The summed E-state index contributed by atoms with van der Waals surface area (Å²) < 4.78 is 0. The molecule has 0 heterocycles. The highest BCUT2D eigenvalue weighted by atomic mass is 32.1. The van der Waals surface area contributed by atoms with Gasteiger partial charge in [0.15, 0.2) is 5.11 Å². The van der Waals surface area contributed by atoms with Gasteiger partial charge in [0.25, 0.3) is 5.91 Å². The number of carboxylic acid groups (broad SMARTS) is 1. The maximum absolute atomic E-state index is 12.0. The molecule has 0 radical (unpaired) electrons. The van der Waals surface area contributed by atoms with Gasteiger partial charge in [0.1, 0.15) is 0 Å². The third-order valence-corrected chi connectivity index (χ3v) is 3.12. The molecule has 0 fully saturated rings. The van der Waals surface area contributed by atoms with E-state index in [0.29, 0.717) is 11.3 Å². The Balaban J connectivity index is 2.10. The Labute approximate surface area is 133 Å². The molecule has 0 saturated carbocycles. The monoisotopic (exact) mass is 314 g/mol. The lowest BCUT2D eigenvalue weighted by Crippen LogP contribution is -2.34. The summed E-state index contributed by atoms with van der Waals surface area (Å²) in [5.41, 5.74) is 1.71. The van der Waals surface area contributed by atoms with Gasteiger partial charge in [-0.25, -0.2) is 4.79 Å². The van der Waals surface area contributed by atoms with Crippen LogP contribution in [0.2, 0.25) is 0 Å². The van der Waals surface area contributed by atoms with E-state index < -0.39 is 5.97 Å². The third kappa shape index (κ3) is 3.89. The van der Waals surface area contributed by atoms with Crippen LogP contribution in [0.5, 0.6) is 0 Å². The summed E-state index contributed by atoms with van der Waals surface area (Å²) in [6.07, 6.45) is 0. The molecule has 0 aliphatic carbocycles. The number of anilines is 1. The minimum atomic E-state index is -1.07. The van der Waals surface area contributed by atoms with Crippen LogP contribution in [0.4, 0.5) is 5.69 Å². The number of thiocarbonyl (C=S) groups is 1. The zero-order valence-electron chi connectivity index (χ0n) is 11.8. The van der Waals surface area contributed by atoms with Gasteiger partial charge in [0.2, 0.25) is 0 Å². The fraction of sp³-hybridized carbons (Fsp3) is 0.0625. The van der Waals surface area contributed by atoms with Gasteiger partial charge in [-0.1, -0.05) is 29.8 Å². The van der Waals surface area contributed by atoms with E-state index in [1.165, 1.54) is 6.07 Å². The van der Waals surface area contributed by atoms with E-state index in [2.05, 4.69) is 10.6 Å². The summed E-state index contributed by atoms with van der Waals surface area (Å²) in [6, 6.07) is 13.5. The normalized spacial score (nSPS) is 9.86. The summed E-state index contributed by atoms with van der Waals surface area (Å²) in [5, 5.41) is 14.5. The lowest BCUT2D eigenvalue weighted by Gasteiger charge is -2.12. The fourth-order valence-electron chi connectivity index (χ4n) is 1.86. The van der Waals surface area contributed by atoms with E-state index in [-0.39, 0.29) is 16.6 Å². The molecule has 3 N–H and O–H groups in total. The number of hydrogen-bond donors (Lipinski definition) is 3. The Morgan fingerprint density at radius 1 is 1.09 bits per heavy atom. The second kappa shape index (κ2) is 6.82. The smallest absolute Gasteiger partial charge is 0.337 e. The predicted octanol–water partition coefficient (Wildman–Crippen LogP) is 2.82. The van der Waals surface area contributed by atoms with Crippen molar-refractivity contribution in [2.24, 2.45) is 0 Å². The molecule has 0 saturated heterocycles. The van der Waals surface area contributed by atoms with Crippen LogP contribution >= 0.6 is 12.2 Å². The standard InChI is InChI=1S/C16H14N2O3S/c1-10-7-8-13(12(9-10)15(20)21)17-16(22)18-14(19)11-5-3-2-4-6-11/h2-9H,1H3,(H,20,21)(H2,17,18,19,22). The Morgan fingerprint density at radius 3 is 2.41 bits per heavy atom. The van der Waals surface area contributed by atoms with Crippen molar-refractivity contribution in [3.8, 4) is 0 Å². The van der Waals surface area contributed by atoms with Gasteiger partial charge in [-0.05, 0) is 43.4 Å². The van der Waals surface area contributed by atoms with E-state index in [1.54, 1.807) is 49.4 Å². The van der Waals surface area contributed by atoms with Crippen LogP contribution in [0.15, 0.2) is 48.5 Å². The largest absolute Gasteiger partial charge is 0.478 e. The molecular weight excluding hydrogens is 300 g/mol. The SMILES string of the molecule is Cc1ccc(NC(=S)NC(=O)c2ccccc2)c(C(=O)O)c1. The summed E-state index contributed by atoms with van der Waals surface area (Å²) >= 11 is 5.06. The molecule has 22 heavy (non-hydrogen) atoms. The molecule has 0 bridgehead atoms. The molecule has 2 rings (SSSR count). The minimum Gasteiger partial charge on any atom is -0.478 e. The molecule has 112 valence electrons. The Bertz CT molecular complexity index is 729. The third-order valence-electron chi connectivity index (χ3n) is 2.92. The number of benzene rings is 2. The second-order valence-corrected chi connectivity index (χ2v) is 5.04. The molecule has 0 unspecified atom stereocenters. The van der Waals surface area contributed by atoms with Crippen LogP contribution in [-0.4, -0.2) is 22.1 Å². The quantitative estimate of drug-likeness (QED) is 0.759. The Kier molecular flexibility index (Phi) is 4.85. The fourth-order valence-corrected chi connectivity index (χ4v) is 2.07. The van der Waals surface area contributed by atoms with Gasteiger partial charge >= 0.3 is 5.97 Å². The van der Waals surface area contributed by atoms with Gasteiger partial charge in [-0.3, -0.25) is 10.1 Å². The molecule has 0 aliphatic rings. The van der Waals surface area contributed by atoms with Gasteiger partial charge in [-0.15, -0.1) is 0 Å². The molecule has 0 atom stereocenters. The number of aromatic carboxylic acids is 1. The number of aryl methyl sites for hydroxylation is 1. The first kappa shape index (κ1) is 15.7. The Morgan fingerprint density at radius 2 is 1.77 bits per heavy atom. The van der Waals surface area contributed by atoms with E-state index >= 15 is 0 Å². The molecule has 0 spiro atoms. The predicted molar refractivity (Wildman–Crippen MR) is 88.3 cm³/mol. The average molecular weight is 314 g/mol. The maximum Gasteiger partial charge on any atom is 0.337 e. The van der Waals surface area contributed by atoms with Crippen molar-refractivity contribution < 1.29 is 14.7 Å². The Hall–Kier alpha value is -2.73. The molecule has 2 aromatic carbocycles. The highest BCUT2D eigenvalue weighted by Gasteiger charge is 2.13. The molecule has 0 aromatic heterocycles. The van der Waals surface area contributed by atoms with E-state index in [9.17, 15) is 14.7 Å². The van der Waals surface area contributed by atoms with E-state index in [4.69, 9.17) is 12.2 Å². The molecule has 5 nitrogen and oxygen atoms in total. The van der Waals surface area contributed by atoms with Crippen LogP contribution in [0.3, 0.4) is 0 Å². The van der Waals surface area contributed by atoms with Gasteiger partial charge in [-0.2, -0.15) is 0 Å². The van der Waals surface area contributed by atoms with Crippen molar-refractivity contribution in [3.63, 3.8) is 0 Å². The minimum absolute atomic E-state index is 0.0419. The topological polar surface area (TPSA) is 78.4 Å². The highest BCUT2D eigenvalue weighted by Crippen LogP contribution is 2.17. The molecule has 6 heteroatoms. The van der Waals surface area contributed by atoms with Crippen molar-refractivity contribution in [2.45, 2.75) is 6.92 Å². The van der Waals surface area contributed by atoms with Gasteiger partial charge < -0.3 is 10.4 Å². The summed E-state index contributed by atoms with van der Waals surface area (Å²) in [4.78, 5) is 23.2. The van der Waals surface area contributed by atoms with Crippen molar-refractivity contribution in [3.05, 3.63) is 65.2 Å². The second-order valence-electron chi connectivity index (χ2n) is 4.63. The highest BCUT2D eigenvalue weighted by molar-refractivity contribution is 7.80. The molecular formula is C16H14N2O3S. The van der Waals surface area contributed by atoms with Crippen molar-refractivity contribution in [1.29, 1.82) is 0 Å². The lowest BCUT2D eigenvalue weighted by molar-refractivity contribution is 0.0697. The number of carbonyl (C=O) groups is 2. The molecule has 1 amide bonds. The zero-order chi connectivity index (χ0) is 16.1. The van der Waals surface area contributed by atoms with Crippen molar-refractivity contribution in [1.82, 2.24) is 5.32 Å². The van der Waals surface area contributed by atoms with Gasteiger partial charge in [0.05, 0.1) is 11.3 Å². The van der Waals surface area contributed by atoms with Crippen LogP contribution in [-0.2, 0) is 0 Å². The lowest BCUT2D eigenvalue weighted by atomic mass is 10.1. The summed E-state index contributed by atoms with van der Waals surface area (Å²) in [5.74, 6) is -1.43. The van der Waals surface area contributed by atoms with Crippen molar-refractivity contribution >= 4 is 34.9 Å². The molecule has 2 aromatic rings. The summed E-state index contributed by atoms with van der Waals surface area (Å²) in [6.45, 7) is 1.80. The van der Waals surface area contributed by atoms with Crippen molar-refractivity contribution in [2.75, 3.05) is 5.32 Å². The average Bonchev–Trinajstić information content (AvgIpc) is 2.49. The summed E-state index contributed by atoms with van der Waals surface area (Å²) in [7, 11) is 0. The first-order chi connectivity index (χ1) is 10.5. The number of hydrogen-bond acceptors (Lipinski definition) is 3. The number of carboxylic acids is 1. The van der Waals surface area contributed by atoms with Crippen LogP contribution in [0.1, 0.15) is 26.3 Å². The zero-order valence-corrected chi connectivity index (χ0v) is 12.6. The maximum atomic E-state index is 12.0. The first-order valence-electron chi connectivity index (χ1n) is 6.48. The number of amides is 1. The van der Waals surface area contributed by atoms with Crippen LogP contribution < -0.4 is 10.6 Å². The van der Waals surface area contributed by atoms with E-state index in [1.807, 2.05) is 0 Å².